The average Bonchev–Trinajstić information content (AvgIpc) is 3.11. The van der Waals surface area contributed by atoms with Gasteiger partial charge in [0.25, 0.3) is 5.91 Å². The number of carbonyl (C=O) groups is 1. The zero-order valence-corrected chi connectivity index (χ0v) is 19.2. The molecule has 0 N–H and O–H groups in total. The molecule has 33 heavy (non-hydrogen) atoms. The highest BCUT2D eigenvalue weighted by molar-refractivity contribution is 5.99. The molecule has 2 aromatic carbocycles. The molecule has 5 rings (SSSR count). The van der Waals surface area contributed by atoms with Crippen molar-refractivity contribution < 1.29 is 18.7 Å². The van der Waals surface area contributed by atoms with Gasteiger partial charge in [-0.15, -0.1) is 0 Å². The molecule has 0 bridgehead atoms. The van der Waals surface area contributed by atoms with E-state index in [4.69, 9.17) is 13.9 Å². The smallest absolute Gasteiger partial charge is 0.290 e. The average molecular weight is 449 g/mol. The van der Waals surface area contributed by atoms with Crippen LogP contribution in [0.4, 0.5) is 0 Å². The van der Waals surface area contributed by atoms with Gasteiger partial charge in [-0.2, -0.15) is 0 Å². The molecular weight excluding hydrogens is 420 g/mol. The first kappa shape index (κ1) is 21.7. The van der Waals surface area contributed by atoms with Gasteiger partial charge in [-0.25, -0.2) is 0 Å². The first-order valence-corrected chi connectivity index (χ1v) is 11.3. The summed E-state index contributed by atoms with van der Waals surface area (Å²) in [6.45, 7) is 8.18. The van der Waals surface area contributed by atoms with Gasteiger partial charge in [-0.05, 0) is 54.8 Å². The van der Waals surface area contributed by atoms with Crippen LogP contribution in [0.1, 0.15) is 38.9 Å². The summed E-state index contributed by atoms with van der Waals surface area (Å²) < 4.78 is 17.0. The zero-order valence-electron chi connectivity index (χ0n) is 19.2. The summed E-state index contributed by atoms with van der Waals surface area (Å²) >= 11 is 0. The Morgan fingerprint density at radius 3 is 2.55 bits per heavy atom. The number of hydrogen-bond donors (Lipinski definition) is 0. The monoisotopic (exact) mass is 448 g/mol. The largest absolute Gasteiger partial charge is 0.497 e. The number of hydrogen-bond acceptors (Lipinski definition) is 6. The van der Waals surface area contributed by atoms with Crippen LogP contribution in [0, 0.1) is 13.8 Å². The Bertz CT molecular complexity index is 1280. The van der Waals surface area contributed by atoms with Gasteiger partial charge in [0.15, 0.2) is 5.43 Å². The lowest BCUT2D eigenvalue weighted by Gasteiger charge is -2.31. The first-order valence-electron chi connectivity index (χ1n) is 11.3. The van der Waals surface area contributed by atoms with E-state index in [1.54, 1.807) is 12.0 Å². The first-order chi connectivity index (χ1) is 16.0. The van der Waals surface area contributed by atoms with E-state index in [0.29, 0.717) is 48.6 Å². The summed E-state index contributed by atoms with van der Waals surface area (Å²) in [6, 6.07) is 10.7. The highest BCUT2D eigenvalue weighted by atomic mass is 16.5. The molecule has 0 aliphatic carbocycles. The topological polar surface area (TPSA) is 72.2 Å². The fraction of sp³-hybridized carbons (Fsp3) is 0.385. The lowest BCUT2D eigenvalue weighted by atomic mass is 9.97. The predicted molar refractivity (Wildman–Crippen MR) is 125 cm³/mol. The molecule has 172 valence electrons. The molecule has 1 atom stereocenters. The van der Waals surface area contributed by atoms with Gasteiger partial charge in [0, 0.05) is 26.2 Å². The van der Waals surface area contributed by atoms with E-state index >= 15 is 0 Å². The second kappa shape index (κ2) is 8.65. The molecule has 1 amide bonds. The van der Waals surface area contributed by atoms with Crippen LogP contribution in [0.5, 0.6) is 5.75 Å². The lowest BCUT2D eigenvalue weighted by Crippen LogP contribution is -2.42. The Hall–Kier alpha value is -3.16. The van der Waals surface area contributed by atoms with Crippen LogP contribution < -0.4 is 10.2 Å². The second-order valence-corrected chi connectivity index (χ2v) is 8.74. The van der Waals surface area contributed by atoms with E-state index in [1.807, 2.05) is 50.2 Å². The van der Waals surface area contributed by atoms with Crippen LogP contribution in [0.2, 0.25) is 0 Å². The van der Waals surface area contributed by atoms with Gasteiger partial charge in [0.2, 0.25) is 5.76 Å². The van der Waals surface area contributed by atoms with Gasteiger partial charge in [0.05, 0.1) is 37.3 Å². The Kier molecular flexibility index (Phi) is 5.68. The SMILES string of the molecule is COc1cccc([C@@H]2c3c(oc4cc(C)c(C)cc4c3=O)C(=O)N2CCN2CCOCC2)c1. The van der Waals surface area contributed by atoms with E-state index in [2.05, 4.69) is 4.90 Å². The number of morpholine rings is 1. The van der Waals surface area contributed by atoms with Crippen molar-refractivity contribution in [1.29, 1.82) is 0 Å². The Balaban J connectivity index is 1.63. The molecule has 0 spiro atoms. The van der Waals surface area contributed by atoms with Crippen molar-refractivity contribution in [2.75, 3.05) is 46.5 Å². The minimum atomic E-state index is -0.522. The maximum Gasteiger partial charge on any atom is 0.290 e. The van der Waals surface area contributed by atoms with E-state index in [0.717, 1.165) is 29.8 Å². The molecule has 2 aliphatic rings. The van der Waals surface area contributed by atoms with Crippen LogP contribution in [-0.4, -0.2) is 62.2 Å². The summed E-state index contributed by atoms with van der Waals surface area (Å²) in [5, 5.41) is 0.507. The van der Waals surface area contributed by atoms with Gasteiger partial charge in [-0.3, -0.25) is 14.5 Å². The van der Waals surface area contributed by atoms with Gasteiger partial charge < -0.3 is 18.8 Å². The zero-order chi connectivity index (χ0) is 23.1. The van der Waals surface area contributed by atoms with Crippen LogP contribution in [0.15, 0.2) is 45.6 Å². The summed E-state index contributed by atoms with van der Waals surface area (Å²) in [4.78, 5) is 31.3. The van der Waals surface area contributed by atoms with Crippen molar-refractivity contribution in [3.8, 4) is 5.75 Å². The van der Waals surface area contributed by atoms with E-state index in [1.165, 1.54) is 0 Å². The number of amides is 1. The molecule has 7 heteroatoms. The molecule has 3 aromatic rings. The number of aryl methyl sites for hydroxylation is 2. The van der Waals surface area contributed by atoms with E-state index in [-0.39, 0.29) is 17.1 Å². The van der Waals surface area contributed by atoms with Gasteiger partial charge in [0.1, 0.15) is 11.3 Å². The fourth-order valence-electron chi connectivity index (χ4n) is 4.74. The molecule has 0 unspecified atom stereocenters. The third-order valence-corrected chi connectivity index (χ3v) is 6.75. The van der Waals surface area contributed by atoms with Crippen molar-refractivity contribution >= 4 is 16.9 Å². The third kappa shape index (κ3) is 3.81. The third-order valence-electron chi connectivity index (χ3n) is 6.75. The quantitative estimate of drug-likeness (QED) is 0.597. The summed E-state index contributed by atoms with van der Waals surface area (Å²) in [7, 11) is 1.61. The Morgan fingerprint density at radius 1 is 1.03 bits per heavy atom. The van der Waals surface area contributed by atoms with Crippen LogP contribution in [0.25, 0.3) is 11.0 Å². The van der Waals surface area contributed by atoms with Gasteiger partial charge in [-0.1, -0.05) is 12.1 Å². The number of methoxy groups -OCH3 is 1. The number of rotatable bonds is 5. The van der Waals surface area contributed by atoms with Gasteiger partial charge >= 0.3 is 0 Å². The number of carbonyl (C=O) groups excluding carboxylic acids is 1. The molecule has 1 saturated heterocycles. The highest BCUT2D eigenvalue weighted by Gasteiger charge is 2.42. The van der Waals surface area contributed by atoms with Crippen molar-refractivity contribution in [3.63, 3.8) is 0 Å². The minimum Gasteiger partial charge on any atom is -0.497 e. The Labute approximate surface area is 192 Å². The Morgan fingerprint density at radius 2 is 1.79 bits per heavy atom. The lowest BCUT2D eigenvalue weighted by molar-refractivity contribution is 0.0314. The maximum atomic E-state index is 13.7. The predicted octanol–water partition coefficient (Wildman–Crippen LogP) is 3.30. The fourth-order valence-corrected chi connectivity index (χ4v) is 4.74. The standard InChI is InChI=1S/C26H28N2O5/c1-16-13-20-21(14-17(16)2)33-25-22(24(20)29)23(18-5-4-6-19(15-18)31-3)28(26(25)30)8-7-27-9-11-32-12-10-27/h4-6,13-15,23H,7-12H2,1-3H3/t23-/m1/s1. The van der Waals surface area contributed by atoms with Crippen molar-refractivity contribution in [2.45, 2.75) is 19.9 Å². The molecular formula is C26H28N2O5. The number of benzene rings is 2. The number of fused-ring (bicyclic) bond motifs is 2. The molecule has 0 radical (unpaired) electrons. The van der Waals surface area contributed by atoms with Crippen LogP contribution in [-0.2, 0) is 4.74 Å². The van der Waals surface area contributed by atoms with Crippen molar-refractivity contribution in [3.05, 3.63) is 74.6 Å². The summed E-state index contributed by atoms with van der Waals surface area (Å²) in [6.07, 6.45) is 0. The molecule has 1 aromatic heterocycles. The molecule has 2 aliphatic heterocycles. The minimum absolute atomic E-state index is 0.144. The summed E-state index contributed by atoms with van der Waals surface area (Å²) in [5.41, 5.74) is 3.58. The highest BCUT2D eigenvalue weighted by Crippen LogP contribution is 2.39. The number of ether oxygens (including phenoxy) is 2. The van der Waals surface area contributed by atoms with Crippen LogP contribution in [0.3, 0.4) is 0 Å². The molecule has 7 nitrogen and oxygen atoms in total. The van der Waals surface area contributed by atoms with E-state index in [9.17, 15) is 9.59 Å². The number of nitrogens with zero attached hydrogens (tertiary/aromatic N) is 2. The van der Waals surface area contributed by atoms with Crippen molar-refractivity contribution in [1.82, 2.24) is 9.80 Å². The molecule has 0 saturated carbocycles. The van der Waals surface area contributed by atoms with E-state index < -0.39 is 6.04 Å². The second-order valence-electron chi connectivity index (χ2n) is 8.74. The summed E-state index contributed by atoms with van der Waals surface area (Å²) in [5.74, 6) is 0.576. The van der Waals surface area contributed by atoms with Crippen LogP contribution >= 0.6 is 0 Å². The normalized spacial score (nSPS) is 18.7. The molecule has 3 heterocycles. The molecule has 1 fully saturated rings. The maximum absolute atomic E-state index is 13.7. The van der Waals surface area contributed by atoms with Crippen molar-refractivity contribution in [2.24, 2.45) is 0 Å².